The SMILES string of the molecule is C=CCN(C(=O)[C@H]1[C@@H]2OC3(CC2Br)C(C(=O)N(CC=C)C(C)C)N(CCO)C(=O)[C@H]13)c1ccc(OCC)cc1. The van der Waals surface area contributed by atoms with Crippen molar-refractivity contribution in [2.24, 2.45) is 11.8 Å². The third-order valence-electron chi connectivity index (χ3n) is 7.92. The lowest BCUT2D eigenvalue weighted by Crippen LogP contribution is -2.58. The van der Waals surface area contributed by atoms with E-state index in [9.17, 15) is 19.5 Å². The lowest BCUT2D eigenvalue weighted by molar-refractivity contribution is -0.149. The minimum atomic E-state index is -1.19. The molecule has 3 aliphatic rings. The molecule has 1 aromatic carbocycles. The molecule has 3 aliphatic heterocycles. The van der Waals surface area contributed by atoms with Gasteiger partial charge < -0.3 is 29.3 Å². The topological polar surface area (TPSA) is 99.6 Å². The predicted octanol–water partition coefficient (Wildman–Crippen LogP) is 2.77. The van der Waals surface area contributed by atoms with Crippen LogP contribution in [0.4, 0.5) is 5.69 Å². The zero-order valence-electron chi connectivity index (χ0n) is 22.8. The largest absolute Gasteiger partial charge is 0.494 e. The third kappa shape index (κ3) is 4.91. The number of β-amino-alcohol motifs (C(OH)–C–C–N with tert-alkyl or cyclic N) is 1. The van der Waals surface area contributed by atoms with Crippen molar-refractivity contribution in [3.8, 4) is 5.75 Å². The Labute approximate surface area is 238 Å². The van der Waals surface area contributed by atoms with Gasteiger partial charge >= 0.3 is 0 Å². The number of carbonyl (C=O) groups excluding carboxylic acids is 3. The van der Waals surface area contributed by atoms with Gasteiger partial charge in [-0.1, -0.05) is 28.1 Å². The number of nitrogens with zero attached hydrogens (tertiary/aromatic N) is 3. The summed E-state index contributed by atoms with van der Waals surface area (Å²) in [6.07, 6.45) is 3.11. The number of hydrogen-bond donors (Lipinski definition) is 1. The number of aliphatic hydroxyl groups is 1. The first-order valence-corrected chi connectivity index (χ1v) is 14.4. The molecule has 6 atom stereocenters. The van der Waals surface area contributed by atoms with Gasteiger partial charge in [-0.25, -0.2) is 0 Å². The summed E-state index contributed by atoms with van der Waals surface area (Å²) in [4.78, 5) is 46.8. The molecule has 3 unspecified atom stereocenters. The smallest absolute Gasteiger partial charge is 0.248 e. The normalized spacial score (nSPS) is 28.9. The highest BCUT2D eigenvalue weighted by molar-refractivity contribution is 9.09. The Hall–Kier alpha value is -2.69. The first-order chi connectivity index (χ1) is 18.7. The van der Waals surface area contributed by atoms with Crippen molar-refractivity contribution in [1.29, 1.82) is 0 Å². The zero-order valence-corrected chi connectivity index (χ0v) is 24.4. The highest BCUT2D eigenvalue weighted by Gasteiger charge is 2.76. The summed E-state index contributed by atoms with van der Waals surface area (Å²) < 4.78 is 12.1. The van der Waals surface area contributed by atoms with Crippen LogP contribution < -0.4 is 9.64 Å². The maximum absolute atomic E-state index is 14.3. The van der Waals surface area contributed by atoms with Gasteiger partial charge in [-0.2, -0.15) is 0 Å². The Morgan fingerprint density at radius 1 is 1.23 bits per heavy atom. The Bertz CT molecular complexity index is 1110. The average Bonchev–Trinajstić information content (AvgIpc) is 3.49. The van der Waals surface area contributed by atoms with E-state index < -0.39 is 29.6 Å². The standard InChI is InChI=1S/C29H38BrN3O6/c1-6-13-31(18(4)5)28(37)25-29-17-21(30)24(39-29)22(23(29)27(36)33(25)15-16-34)26(35)32(14-7-2)19-9-11-20(12-10-19)38-8-3/h6-7,9-12,18,21-25,34H,1-2,8,13-17H2,3-5H3/t21?,22-,23+,24-,25?,29?/m1/s1. The quantitative estimate of drug-likeness (QED) is 0.291. The number of anilines is 1. The van der Waals surface area contributed by atoms with Crippen LogP contribution in [0.1, 0.15) is 27.2 Å². The molecule has 4 rings (SSSR count). The molecule has 1 aromatic rings. The van der Waals surface area contributed by atoms with Crippen LogP contribution in [-0.2, 0) is 19.1 Å². The molecule has 3 amide bonds. The van der Waals surface area contributed by atoms with Crippen LogP contribution in [0, 0.1) is 11.8 Å². The molecular formula is C29H38BrN3O6. The molecule has 0 aliphatic carbocycles. The van der Waals surface area contributed by atoms with Gasteiger partial charge in [0.25, 0.3) is 0 Å². The summed E-state index contributed by atoms with van der Waals surface area (Å²) in [6.45, 7) is 14.1. The first kappa shape index (κ1) is 29.3. The number of halogens is 1. The van der Waals surface area contributed by atoms with Crippen molar-refractivity contribution in [3.63, 3.8) is 0 Å². The number of likely N-dealkylation sites (tertiary alicyclic amines) is 1. The average molecular weight is 605 g/mol. The first-order valence-electron chi connectivity index (χ1n) is 13.5. The van der Waals surface area contributed by atoms with Crippen LogP contribution in [-0.4, -0.2) is 94.1 Å². The molecule has 39 heavy (non-hydrogen) atoms. The van der Waals surface area contributed by atoms with Crippen molar-refractivity contribution in [3.05, 3.63) is 49.6 Å². The van der Waals surface area contributed by atoms with E-state index in [1.807, 2.05) is 20.8 Å². The van der Waals surface area contributed by atoms with Crippen molar-refractivity contribution in [2.75, 3.05) is 37.7 Å². The van der Waals surface area contributed by atoms with E-state index >= 15 is 0 Å². The zero-order chi connectivity index (χ0) is 28.5. The van der Waals surface area contributed by atoms with Crippen LogP contribution in [0.25, 0.3) is 0 Å². The molecule has 0 radical (unpaired) electrons. The number of alkyl halides is 1. The summed E-state index contributed by atoms with van der Waals surface area (Å²) in [6, 6.07) is 6.11. The minimum absolute atomic E-state index is 0.0231. The fourth-order valence-electron chi connectivity index (χ4n) is 6.41. The van der Waals surface area contributed by atoms with Gasteiger partial charge in [-0.15, -0.1) is 13.2 Å². The van der Waals surface area contributed by atoms with E-state index in [1.165, 1.54) is 4.90 Å². The Morgan fingerprint density at radius 3 is 2.46 bits per heavy atom. The van der Waals surface area contributed by atoms with Gasteiger partial charge in [0, 0.05) is 36.2 Å². The van der Waals surface area contributed by atoms with Crippen LogP contribution >= 0.6 is 15.9 Å². The molecule has 2 bridgehead atoms. The van der Waals surface area contributed by atoms with Gasteiger partial charge in [0.05, 0.1) is 31.2 Å². The number of ether oxygens (including phenoxy) is 2. The highest BCUT2D eigenvalue weighted by atomic mass is 79.9. The van der Waals surface area contributed by atoms with Crippen molar-refractivity contribution >= 4 is 39.3 Å². The van der Waals surface area contributed by atoms with Crippen LogP contribution in [0.5, 0.6) is 5.75 Å². The number of benzene rings is 1. The molecule has 9 nitrogen and oxygen atoms in total. The number of fused-ring (bicyclic) bond motifs is 1. The molecular weight excluding hydrogens is 566 g/mol. The molecule has 0 saturated carbocycles. The second-order valence-electron chi connectivity index (χ2n) is 10.5. The van der Waals surface area contributed by atoms with Crippen molar-refractivity contribution < 1.29 is 29.0 Å². The highest BCUT2D eigenvalue weighted by Crippen LogP contribution is 2.60. The summed E-state index contributed by atoms with van der Waals surface area (Å²) in [7, 11) is 0. The molecule has 1 spiro atoms. The number of rotatable bonds is 12. The maximum atomic E-state index is 14.3. The summed E-state index contributed by atoms with van der Waals surface area (Å²) in [5, 5.41) is 9.84. The van der Waals surface area contributed by atoms with E-state index in [-0.39, 0.29) is 48.3 Å². The number of carbonyl (C=O) groups is 3. The molecule has 0 aromatic heterocycles. The molecule has 10 heteroatoms. The van der Waals surface area contributed by atoms with Gasteiger partial charge in [-0.05, 0) is 51.5 Å². The molecule has 1 N–H and O–H groups in total. The summed E-state index contributed by atoms with van der Waals surface area (Å²) >= 11 is 3.71. The lowest BCUT2D eigenvalue weighted by Gasteiger charge is -2.38. The Kier molecular flexibility index (Phi) is 8.88. The number of aliphatic hydroxyl groups excluding tert-OH is 1. The van der Waals surface area contributed by atoms with E-state index in [0.29, 0.717) is 31.0 Å². The van der Waals surface area contributed by atoms with Crippen LogP contribution in [0.3, 0.4) is 0 Å². The van der Waals surface area contributed by atoms with Gasteiger partial charge in [0.1, 0.15) is 17.4 Å². The molecule has 3 saturated heterocycles. The second kappa shape index (κ2) is 11.8. The van der Waals surface area contributed by atoms with Gasteiger partial charge in [0.15, 0.2) is 0 Å². The van der Waals surface area contributed by atoms with Gasteiger partial charge in [-0.3, -0.25) is 14.4 Å². The fourth-order valence-corrected chi connectivity index (χ4v) is 7.35. The van der Waals surface area contributed by atoms with Crippen molar-refractivity contribution in [1.82, 2.24) is 9.80 Å². The Morgan fingerprint density at radius 2 is 1.90 bits per heavy atom. The van der Waals surface area contributed by atoms with Crippen LogP contribution in [0.2, 0.25) is 0 Å². The van der Waals surface area contributed by atoms with E-state index in [0.717, 1.165) is 0 Å². The fraction of sp³-hybridized carbons (Fsp3) is 0.552. The lowest BCUT2D eigenvalue weighted by atomic mass is 9.70. The predicted molar refractivity (Wildman–Crippen MR) is 152 cm³/mol. The minimum Gasteiger partial charge on any atom is -0.494 e. The summed E-state index contributed by atoms with van der Waals surface area (Å²) in [5.41, 5.74) is -0.538. The van der Waals surface area contributed by atoms with E-state index in [1.54, 1.807) is 46.2 Å². The number of hydrogen-bond acceptors (Lipinski definition) is 6. The monoisotopic (exact) mass is 603 g/mol. The molecule has 3 heterocycles. The van der Waals surface area contributed by atoms with E-state index in [4.69, 9.17) is 9.47 Å². The summed E-state index contributed by atoms with van der Waals surface area (Å²) in [5.74, 6) is -1.84. The van der Waals surface area contributed by atoms with Crippen LogP contribution in [0.15, 0.2) is 49.6 Å². The second-order valence-corrected chi connectivity index (χ2v) is 11.6. The molecule has 212 valence electrons. The molecule has 3 fully saturated rings. The van der Waals surface area contributed by atoms with Crippen molar-refractivity contribution in [2.45, 2.75) is 55.8 Å². The van der Waals surface area contributed by atoms with E-state index in [2.05, 4.69) is 29.1 Å². The third-order valence-corrected chi connectivity index (χ3v) is 8.76. The maximum Gasteiger partial charge on any atom is 0.248 e. The Balaban J connectivity index is 1.75. The number of amides is 3. The van der Waals surface area contributed by atoms with Gasteiger partial charge in [0.2, 0.25) is 17.7 Å².